The van der Waals surface area contributed by atoms with Crippen LogP contribution < -0.4 is 9.88 Å². The quantitative estimate of drug-likeness (QED) is 0.669. The number of ether oxygens (including phenoxy) is 2. The van der Waals surface area contributed by atoms with Gasteiger partial charge in [0, 0.05) is 5.41 Å². The van der Waals surface area contributed by atoms with Crippen LogP contribution in [0.25, 0.3) is 0 Å². The molecule has 3 aliphatic carbocycles. The van der Waals surface area contributed by atoms with E-state index >= 15 is 0 Å². The smallest absolute Gasteiger partial charge is 0.338 e. The van der Waals surface area contributed by atoms with Crippen LogP contribution in [0, 0.1) is 17.3 Å². The molecule has 0 saturated heterocycles. The molecule has 2 fully saturated rings. The number of hydrogen-bond acceptors (Lipinski definition) is 5. The second-order valence-corrected chi connectivity index (χ2v) is 11.6. The fourth-order valence-electron chi connectivity index (χ4n) is 6.83. The van der Waals surface area contributed by atoms with Crippen LogP contribution in [0.5, 0.6) is 5.75 Å². The lowest BCUT2D eigenvalue weighted by Crippen LogP contribution is -2.45. The highest BCUT2D eigenvalue weighted by atomic mass is 32.2. The lowest BCUT2D eigenvalue weighted by atomic mass is 9.55. The van der Waals surface area contributed by atoms with Crippen molar-refractivity contribution >= 4 is 16.0 Å². The van der Waals surface area contributed by atoms with Gasteiger partial charge in [0.15, 0.2) is 0 Å². The zero-order valence-corrected chi connectivity index (χ0v) is 19.9. The molecule has 2 N–H and O–H groups in total. The Morgan fingerprint density at radius 3 is 2.67 bits per heavy atom. The second-order valence-electron chi connectivity index (χ2n) is 10.1. The normalized spacial score (nSPS) is 30.6. The van der Waals surface area contributed by atoms with Crippen molar-refractivity contribution in [3.8, 4) is 5.75 Å². The Morgan fingerprint density at radius 2 is 1.91 bits per heavy atom. The van der Waals surface area contributed by atoms with Gasteiger partial charge in [0.1, 0.15) is 11.9 Å². The van der Waals surface area contributed by atoms with E-state index in [2.05, 4.69) is 25.1 Å². The SMILES string of the molecule is COc1ccc2c(c1)CC[C@@H]1[C@@H]2CC[C@]2(C)[C@@H](OC(=O)c3cccc(S(N)(=O)=O)c3)CC[C@@H]12. The van der Waals surface area contributed by atoms with Gasteiger partial charge in [-0.05, 0) is 97.7 Å². The lowest BCUT2D eigenvalue weighted by Gasteiger charge is -2.50. The molecule has 0 aromatic heterocycles. The van der Waals surface area contributed by atoms with Gasteiger partial charge in [0.2, 0.25) is 10.0 Å². The first kappa shape index (κ1) is 22.4. The molecular formula is C26H31NO5S. The molecule has 0 radical (unpaired) electrons. The minimum atomic E-state index is -3.88. The van der Waals surface area contributed by atoms with Crippen molar-refractivity contribution in [1.82, 2.24) is 0 Å². The average Bonchev–Trinajstić information content (AvgIpc) is 3.14. The zero-order valence-electron chi connectivity index (χ0n) is 19.1. The molecule has 0 aliphatic heterocycles. The van der Waals surface area contributed by atoms with Crippen molar-refractivity contribution in [2.75, 3.05) is 7.11 Å². The van der Waals surface area contributed by atoms with Crippen LogP contribution in [-0.2, 0) is 21.2 Å². The van der Waals surface area contributed by atoms with Crippen LogP contribution in [0.3, 0.4) is 0 Å². The van der Waals surface area contributed by atoms with Crippen LogP contribution in [0.15, 0.2) is 47.4 Å². The molecule has 2 aromatic rings. The molecule has 3 aliphatic rings. The third kappa shape index (κ3) is 3.85. The van der Waals surface area contributed by atoms with E-state index in [0.717, 1.165) is 44.3 Å². The van der Waals surface area contributed by atoms with Crippen LogP contribution in [0.2, 0.25) is 0 Å². The van der Waals surface area contributed by atoms with E-state index in [1.165, 1.54) is 29.3 Å². The summed E-state index contributed by atoms with van der Waals surface area (Å²) in [5.74, 6) is 2.11. The molecule has 0 bridgehead atoms. The van der Waals surface area contributed by atoms with E-state index in [4.69, 9.17) is 14.6 Å². The fourth-order valence-corrected chi connectivity index (χ4v) is 7.39. The molecule has 6 nitrogen and oxygen atoms in total. The minimum Gasteiger partial charge on any atom is -0.497 e. The van der Waals surface area contributed by atoms with E-state index < -0.39 is 16.0 Å². The Kier molecular flexibility index (Phi) is 5.52. The first-order chi connectivity index (χ1) is 15.7. The zero-order chi connectivity index (χ0) is 23.4. The van der Waals surface area contributed by atoms with Gasteiger partial charge in [0.25, 0.3) is 0 Å². The molecule has 5 rings (SSSR count). The van der Waals surface area contributed by atoms with E-state index in [0.29, 0.717) is 17.8 Å². The van der Waals surface area contributed by atoms with Crippen molar-refractivity contribution < 1.29 is 22.7 Å². The molecule has 0 amide bonds. The Labute approximate surface area is 195 Å². The third-order valence-corrected chi connectivity index (χ3v) is 9.41. The molecule has 2 aromatic carbocycles. The van der Waals surface area contributed by atoms with Gasteiger partial charge in [-0.15, -0.1) is 0 Å². The summed E-state index contributed by atoms with van der Waals surface area (Å²) in [6, 6.07) is 12.3. The number of carbonyl (C=O) groups is 1. The molecule has 0 unspecified atom stereocenters. The predicted octanol–water partition coefficient (Wildman–Crippen LogP) is 4.42. The van der Waals surface area contributed by atoms with E-state index in [1.54, 1.807) is 13.2 Å². The van der Waals surface area contributed by atoms with Crippen molar-refractivity contribution in [3.05, 3.63) is 59.2 Å². The van der Waals surface area contributed by atoms with Crippen molar-refractivity contribution in [2.24, 2.45) is 22.4 Å². The lowest BCUT2D eigenvalue weighted by molar-refractivity contribution is -0.0428. The number of benzene rings is 2. The molecule has 5 atom stereocenters. The topological polar surface area (TPSA) is 95.7 Å². The highest BCUT2D eigenvalue weighted by Crippen LogP contribution is 2.61. The van der Waals surface area contributed by atoms with E-state index in [-0.39, 0.29) is 22.0 Å². The van der Waals surface area contributed by atoms with Gasteiger partial charge in [-0.2, -0.15) is 0 Å². The molecule has 0 spiro atoms. The first-order valence-corrected chi connectivity index (χ1v) is 13.3. The van der Waals surface area contributed by atoms with Gasteiger partial charge < -0.3 is 9.47 Å². The molecule has 33 heavy (non-hydrogen) atoms. The van der Waals surface area contributed by atoms with Crippen molar-refractivity contribution in [3.63, 3.8) is 0 Å². The molecular weight excluding hydrogens is 438 g/mol. The average molecular weight is 470 g/mol. The number of methoxy groups -OCH3 is 1. The van der Waals surface area contributed by atoms with Crippen molar-refractivity contribution in [1.29, 1.82) is 0 Å². The van der Waals surface area contributed by atoms with E-state index in [1.807, 2.05) is 0 Å². The predicted molar refractivity (Wildman–Crippen MR) is 125 cm³/mol. The molecule has 2 saturated carbocycles. The summed E-state index contributed by atoms with van der Waals surface area (Å²) in [6.45, 7) is 2.28. The molecule has 176 valence electrons. The Morgan fingerprint density at radius 1 is 1.09 bits per heavy atom. The van der Waals surface area contributed by atoms with Crippen LogP contribution in [0.1, 0.15) is 66.4 Å². The van der Waals surface area contributed by atoms with Crippen molar-refractivity contribution in [2.45, 2.75) is 62.4 Å². The summed E-state index contributed by atoms with van der Waals surface area (Å²) < 4.78 is 34.8. The summed E-state index contributed by atoms with van der Waals surface area (Å²) in [4.78, 5) is 12.9. The molecule has 0 heterocycles. The maximum Gasteiger partial charge on any atom is 0.338 e. The van der Waals surface area contributed by atoms with Gasteiger partial charge in [-0.25, -0.2) is 18.4 Å². The van der Waals surface area contributed by atoms with Crippen LogP contribution in [-0.4, -0.2) is 27.6 Å². The highest BCUT2D eigenvalue weighted by Gasteiger charge is 2.56. The molecule has 7 heteroatoms. The largest absolute Gasteiger partial charge is 0.497 e. The summed E-state index contributed by atoms with van der Waals surface area (Å²) in [6.07, 6.45) is 6.06. The Hall–Kier alpha value is -2.38. The third-order valence-electron chi connectivity index (χ3n) is 8.49. The van der Waals surface area contributed by atoms with Gasteiger partial charge in [-0.3, -0.25) is 0 Å². The van der Waals surface area contributed by atoms with Crippen LogP contribution in [0.4, 0.5) is 0 Å². The van der Waals surface area contributed by atoms with Gasteiger partial charge in [0.05, 0.1) is 17.6 Å². The number of esters is 1. The van der Waals surface area contributed by atoms with E-state index in [9.17, 15) is 13.2 Å². The first-order valence-electron chi connectivity index (χ1n) is 11.7. The number of sulfonamides is 1. The summed E-state index contributed by atoms with van der Waals surface area (Å²) >= 11 is 0. The highest BCUT2D eigenvalue weighted by molar-refractivity contribution is 7.89. The number of primary sulfonamides is 1. The number of carbonyl (C=O) groups excluding carboxylic acids is 1. The summed E-state index contributed by atoms with van der Waals surface area (Å²) in [7, 11) is -2.16. The van der Waals surface area contributed by atoms with Crippen LogP contribution >= 0.6 is 0 Å². The van der Waals surface area contributed by atoms with Gasteiger partial charge >= 0.3 is 5.97 Å². The number of rotatable bonds is 4. The number of hydrogen-bond donors (Lipinski definition) is 1. The van der Waals surface area contributed by atoms with Gasteiger partial charge in [-0.1, -0.05) is 19.1 Å². The summed E-state index contributed by atoms with van der Waals surface area (Å²) in [5.41, 5.74) is 3.05. The number of nitrogens with two attached hydrogens (primary N) is 1. The maximum absolute atomic E-state index is 12.9. The number of fused-ring (bicyclic) bond motifs is 5. The monoisotopic (exact) mass is 469 g/mol. The number of aryl methyl sites for hydroxylation is 1. The standard InChI is InChI=1S/C26H31NO5S/c1-26-13-12-21-20-9-7-18(31-2)14-16(20)6-8-22(21)23(26)10-11-24(26)32-25(28)17-4-3-5-19(15-17)33(27,29)30/h3-5,7,9,14-15,21-24H,6,8,10-13H2,1-2H3,(H2,27,29,30)/t21-,22-,23+,24+,26+/m1/s1. The minimum absolute atomic E-state index is 0.0572. The Bertz CT molecular complexity index is 1190. The fraction of sp³-hybridized carbons (Fsp3) is 0.500. The maximum atomic E-state index is 12.9. The Balaban J connectivity index is 1.35. The second kappa shape index (κ2) is 8.13. The summed E-state index contributed by atoms with van der Waals surface area (Å²) in [5, 5.41) is 5.22.